The molecule has 0 aromatic carbocycles. The Hall–Kier alpha value is -0.830. The number of hydrogen-bond donors (Lipinski definition) is 0. The van der Waals surface area contributed by atoms with Gasteiger partial charge in [0.25, 0.3) is 0 Å². The van der Waals surface area contributed by atoms with Gasteiger partial charge in [-0.2, -0.15) is 0 Å². The highest BCUT2D eigenvalue weighted by molar-refractivity contribution is 6.17. The molecule has 1 aromatic rings. The van der Waals surface area contributed by atoms with Crippen molar-refractivity contribution in [2.45, 2.75) is 12.8 Å². The average molecular weight is 173 g/mol. The van der Waals surface area contributed by atoms with Crippen LogP contribution in [0.3, 0.4) is 0 Å². The average Bonchev–Trinajstić information content (AvgIpc) is 2.05. The topological polar surface area (TPSA) is 35.0 Å². The third-order valence-corrected chi connectivity index (χ3v) is 1.72. The lowest BCUT2D eigenvalue weighted by Gasteiger charge is -2.04. The van der Waals surface area contributed by atoms with E-state index in [1.807, 2.05) is 6.92 Å². The Bertz CT molecular complexity index is 230. The van der Waals surface area contributed by atoms with E-state index >= 15 is 0 Å². The molecule has 0 saturated heterocycles. The van der Waals surface area contributed by atoms with Gasteiger partial charge < -0.3 is 4.74 Å². The van der Waals surface area contributed by atoms with Crippen LogP contribution >= 0.6 is 11.6 Å². The van der Waals surface area contributed by atoms with Crippen LogP contribution in [-0.4, -0.2) is 17.1 Å². The predicted molar refractivity (Wildman–Crippen MR) is 42.9 cm³/mol. The number of ether oxygens (including phenoxy) is 1. The quantitative estimate of drug-likeness (QED) is 0.635. The van der Waals surface area contributed by atoms with Crippen LogP contribution in [-0.2, 0) is 5.88 Å². The van der Waals surface area contributed by atoms with E-state index in [2.05, 4.69) is 9.97 Å². The van der Waals surface area contributed by atoms with Gasteiger partial charge in [-0.1, -0.05) is 0 Å². The Labute approximate surface area is 70.4 Å². The lowest BCUT2D eigenvalue weighted by Crippen LogP contribution is -1.97. The van der Waals surface area contributed by atoms with Crippen LogP contribution in [0.4, 0.5) is 0 Å². The zero-order chi connectivity index (χ0) is 8.27. The van der Waals surface area contributed by atoms with E-state index in [4.69, 9.17) is 16.3 Å². The van der Waals surface area contributed by atoms with Gasteiger partial charge in [0.15, 0.2) is 0 Å². The first-order chi connectivity index (χ1) is 5.29. The molecular formula is C7H9ClN2O. The van der Waals surface area contributed by atoms with E-state index in [0.717, 1.165) is 11.3 Å². The maximum absolute atomic E-state index is 5.62. The van der Waals surface area contributed by atoms with E-state index in [-0.39, 0.29) is 0 Å². The minimum Gasteiger partial charge on any atom is -0.481 e. The molecule has 0 aliphatic carbocycles. The number of halogens is 1. The normalized spacial score (nSPS) is 9.73. The highest BCUT2D eigenvalue weighted by atomic mass is 35.5. The molecule has 0 amide bonds. The second-order valence-corrected chi connectivity index (χ2v) is 2.36. The maximum atomic E-state index is 5.62. The van der Waals surface area contributed by atoms with Crippen LogP contribution in [0.25, 0.3) is 0 Å². The second kappa shape index (κ2) is 3.53. The van der Waals surface area contributed by atoms with Gasteiger partial charge in [0.2, 0.25) is 5.88 Å². The fourth-order valence-corrected chi connectivity index (χ4v) is 1.08. The lowest BCUT2D eigenvalue weighted by molar-refractivity contribution is 0.392. The second-order valence-electron chi connectivity index (χ2n) is 2.09. The van der Waals surface area contributed by atoms with E-state index in [0.29, 0.717) is 11.8 Å². The Morgan fingerprint density at radius 1 is 1.55 bits per heavy atom. The van der Waals surface area contributed by atoms with Crippen LogP contribution in [0.1, 0.15) is 11.3 Å². The molecule has 0 N–H and O–H groups in total. The molecule has 1 rings (SSSR count). The van der Waals surface area contributed by atoms with E-state index in [1.165, 1.54) is 6.33 Å². The first-order valence-corrected chi connectivity index (χ1v) is 3.73. The molecule has 11 heavy (non-hydrogen) atoms. The van der Waals surface area contributed by atoms with E-state index in [1.54, 1.807) is 7.11 Å². The van der Waals surface area contributed by atoms with Gasteiger partial charge in [0.05, 0.1) is 18.7 Å². The standard InChI is InChI=1S/C7H9ClN2O/c1-5-6(3-8)9-4-10-7(5)11-2/h4H,3H2,1-2H3. The summed E-state index contributed by atoms with van der Waals surface area (Å²) in [7, 11) is 1.58. The van der Waals surface area contributed by atoms with Crippen LogP contribution in [0, 0.1) is 6.92 Å². The van der Waals surface area contributed by atoms with Crippen molar-refractivity contribution in [2.75, 3.05) is 7.11 Å². The first-order valence-electron chi connectivity index (χ1n) is 3.20. The summed E-state index contributed by atoms with van der Waals surface area (Å²) in [6.45, 7) is 1.89. The van der Waals surface area contributed by atoms with Gasteiger partial charge in [-0.15, -0.1) is 11.6 Å². The molecule has 4 heteroatoms. The van der Waals surface area contributed by atoms with Crippen LogP contribution < -0.4 is 4.74 Å². The summed E-state index contributed by atoms with van der Waals surface area (Å²) in [4.78, 5) is 7.90. The zero-order valence-electron chi connectivity index (χ0n) is 6.47. The number of aromatic nitrogens is 2. The fourth-order valence-electron chi connectivity index (χ4n) is 0.809. The molecule has 0 saturated carbocycles. The Kier molecular flexibility index (Phi) is 2.65. The largest absolute Gasteiger partial charge is 0.481 e. The van der Waals surface area contributed by atoms with Crippen molar-refractivity contribution in [3.05, 3.63) is 17.6 Å². The summed E-state index contributed by atoms with van der Waals surface area (Å²) >= 11 is 5.62. The molecule has 0 radical (unpaired) electrons. The van der Waals surface area contributed by atoms with Crippen molar-refractivity contribution in [3.63, 3.8) is 0 Å². The summed E-state index contributed by atoms with van der Waals surface area (Å²) in [5, 5.41) is 0. The minimum absolute atomic E-state index is 0.394. The molecule has 0 spiro atoms. The fraction of sp³-hybridized carbons (Fsp3) is 0.429. The van der Waals surface area contributed by atoms with E-state index < -0.39 is 0 Å². The smallest absolute Gasteiger partial charge is 0.219 e. The maximum Gasteiger partial charge on any atom is 0.219 e. The van der Waals surface area contributed by atoms with Gasteiger partial charge in [0.1, 0.15) is 6.33 Å². The first kappa shape index (κ1) is 8.27. The highest BCUT2D eigenvalue weighted by Gasteiger charge is 2.04. The molecule has 1 aromatic heterocycles. The number of nitrogens with zero attached hydrogens (tertiary/aromatic N) is 2. The molecule has 0 fully saturated rings. The zero-order valence-corrected chi connectivity index (χ0v) is 7.22. The highest BCUT2D eigenvalue weighted by Crippen LogP contribution is 2.16. The third kappa shape index (κ3) is 1.60. The van der Waals surface area contributed by atoms with Crippen molar-refractivity contribution in [1.82, 2.24) is 9.97 Å². The third-order valence-electron chi connectivity index (χ3n) is 1.46. The summed E-state index contributed by atoms with van der Waals surface area (Å²) in [6.07, 6.45) is 1.45. The molecule has 0 aliphatic rings. The van der Waals surface area contributed by atoms with Crippen molar-refractivity contribution >= 4 is 11.6 Å². The molecule has 0 atom stereocenters. The number of hydrogen-bond acceptors (Lipinski definition) is 3. The summed E-state index contributed by atoms with van der Waals surface area (Å²) in [6, 6.07) is 0. The molecular weight excluding hydrogens is 164 g/mol. The Morgan fingerprint density at radius 2 is 2.27 bits per heavy atom. The summed E-state index contributed by atoms with van der Waals surface area (Å²) in [5.41, 5.74) is 1.73. The molecule has 60 valence electrons. The van der Waals surface area contributed by atoms with Crippen LogP contribution in [0.5, 0.6) is 5.88 Å². The van der Waals surface area contributed by atoms with Gasteiger partial charge >= 0.3 is 0 Å². The van der Waals surface area contributed by atoms with Crippen molar-refractivity contribution in [1.29, 1.82) is 0 Å². The van der Waals surface area contributed by atoms with Gasteiger partial charge in [0, 0.05) is 5.56 Å². The van der Waals surface area contributed by atoms with Crippen LogP contribution in [0.15, 0.2) is 6.33 Å². The Morgan fingerprint density at radius 3 is 2.82 bits per heavy atom. The van der Waals surface area contributed by atoms with Gasteiger partial charge in [-0.25, -0.2) is 9.97 Å². The molecule has 0 bridgehead atoms. The van der Waals surface area contributed by atoms with Crippen LogP contribution in [0.2, 0.25) is 0 Å². The molecule has 0 aliphatic heterocycles. The molecule has 0 unspecified atom stereocenters. The van der Waals surface area contributed by atoms with Crippen molar-refractivity contribution in [2.24, 2.45) is 0 Å². The number of methoxy groups -OCH3 is 1. The summed E-state index contributed by atoms with van der Waals surface area (Å²) < 4.78 is 4.98. The minimum atomic E-state index is 0.394. The molecule has 3 nitrogen and oxygen atoms in total. The number of alkyl halides is 1. The monoisotopic (exact) mass is 172 g/mol. The molecule has 1 heterocycles. The van der Waals surface area contributed by atoms with E-state index in [9.17, 15) is 0 Å². The SMILES string of the molecule is COc1ncnc(CCl)c1C. The van der Waals surface area contributed by atoms with Crippen molar-refractivity contribution in [3.8, 4) is 5.88 Å². The van der Waals surface area contributed by atoms with Crippen molar-refractivity contribution < 1.29 is 4.74 Å². The lowest BCUT2D eigenvalue weighted by atomic mass is 10.3. The Balaban J connectivity index is 3.10. The van der Waals surface area contributed by atoms with Gasteiger partial charge in [-0.05, 0) is 6.92 Å². The number of rotatable bonds is 2. The van der Waals surface area contributed by atoms with Gasteiger partial charge in [-0.3, -0.25) is 0 Å². The summed E-state index contributed by atoms with van der Waals surface area (Å²) in [5.74, 6) is 0.987. The predicted octanol–water partition coefficient (Wildman–Crippen LogP) is 1.53.